The maximum atomic E-state index is 14.7. The quantitative estimate of drug-likeness (QED) is 0.0321. The van der Waals surface area contributed by atoms with E-state index < -0.39 is 157 Å². The van der Waals surface area contributed by atoms with Gasteiger partial charge in [-0.3, -0.25) is 4.79 Å². The van der Waals surface area contributed by atoms with Gasteiger partial charge in [0.05, 0.1) is 32.5 Å². The summed E-state index contributed by atoms with van der Waals surface area (Å²) < 4.78 is 62.7. The summed E-state index contributed by atoms with van der Waals surface area (Å²) in [5.41, 5.74) is -2.31. The second kappa shape index (κ2) is 25.7. The molecule has 0 amide bonds. The van der Waals surface area contributed by atoms with Crippen LogP contribution in [0.3, 0.4) is 0 Å². The highest BCUT2D eigenvalue weighted by Crippen LogP contribution is 2.41. The number of fused-ring (bicyclic) bond motifs is 1. The summed E-state index contributed by atoms with van der Waals surface area (Å²) in [5.74, 6) is -4.72. The number of aliphatic hydroxyl groups excluding tert-OH is 8. The largest absolute Gasteiger partial charge is 0.508 e. The van der Waals surface area contributed by atoms with Crippen LogP contribution in [0.2, 0.25) is 0 Å². The Balaban J connectivity index is 1.17. The van der Waals surface area contributed by atoms with Gasteiger partial charge in [-0.1, -0.05) is 12.2 Å². The second-order valence-corrected chi connectivity index (χ2v) is 19.3. The summed E-state index contributed by atoms with van der Waals surface area (Å²) in [5, 5.41) is 129. The Labute approximate surface area is 455 Å². The number of hydrogen-bond donors (Lipinski definition) is 12. The van der Waals surface area contributed by atoms with Crippen LogP contribution < -0.4 is 24.4 Å². The van der Waals surface area contributed by atoms with Gasteiger partial charge in [0.1, 0.15) is 89.8 Å². The molecule has 0 saturated carbocycles. The van der Waals surface area contributed by atoms with Crippen LogP contribution in [0, 0.1) is 0 Å². The first-order valence-electron chi connectivity index (χ1n) is 24.9. The zero-order valence-corrected chi connectivity index (χ0v) is 43.7. The van der Waals surface area contributed by atoms with E-state index in [-0.39, 0.29) is 52.7 Å². The fraction of sp³-hybridized carbons (Fsp3) is 0.463. The molecule has 7 rings (SSSR count). The summed E-state index contributed by atoms with van der Waals surface area (Å²) in [4.78, 5) is 40.8. The van der Waals surface area contributed by atoms with E-state index in [1.807, 2.05) is 0 Å². The van der Waals surface area contributed by atoms with Crippen molar-refractivity contribution in [2.75, 3.05) is 27.4 Å². The Morgan fingerprint density at radius 1 is 0.775 bits per heavy atom. The van der Waals surface area contributed by atoms with Crippen molar-refractivity contribution in [1.29, 1.82) is 0 Å². The molecule has 16 unspecified atom stereocenters. The average Bonchev–Trinajstić information content (AvgIpc) is 3.43. The first kappa shape index (κ1) is 60.7. The molecule has 0 aliphatic carbocycles. The van der Waals surface area contributed by atoms with Gasteiger partial charge in [-0.2, -0.15) is 0 Å². The molecule has 16 atom stereocenters. The molecule has 80 heavy (non-hydrogen) atoms. The Kier molecular flexibility index (Phi) is 19.5. The van der Waals surface area contributed by atoms with E-state index in [9.17, 15) is 75.7 Å². The molecule has 1 aromatic heterocycles. The van der Waals surface area contributed by atoms with Crippen molar-refractivity contribution in [3.63, 3.8) is 0 Å². The first-order chi connectivity index (χ1) is 37.9. The van der Waals surface area contributed by atoms with Crippen LogP contribution >= 0.6 is 0 Å². The molecule has 4 heterocycles. The van der Waals surface area contributed by atoms with Gasteiger partial charge in [-0.15, -0.1) is 6.58 Å². The van der Waals surface area contributed by atoms with Crippen molar-refractivity contribution < 1.29 is 123 Å². The van der Waals surface area contributed by atoms with E-state index in [1.165, 1.54) is 89.6 Å². The number of hydrogen-bond acceptors (Lipinski definition) is 26. The summed E-state index contributed by atoms with van der Waals surface area (Å²) in [7, 11) is 2.61. The predicted octanol–water partition coefficient (Wildman–Crippen LogP) is 0.282. The molecule has 3 aromatic carbocycles. The van der Waals surface area contributed by atoms with E-state index in [4.69, 9.17) is 51.8 Å². The lowest BCUT2D eigenvalue weighted by Crippen LogP contribution is -2.65. The average molecular weight is 1130 g/mol. The van der Waals surface area contributed by atoms with Crippen molar-refractivity contribution in [1.82, 2.24) is 0 Å². The molecule has 26 nitrogen and oxygen atoms in total. The van der Waals surface area contributed by atoms with Crippen LogP contribution in [-0.2, 0) is 38.0 Å². The number of allylic oxidation sites excluding steroid dienone is 1. The smallest absolute Gasteiger partial charge is 0.333 e. The molecule has 0 radical (unpaired) electrons. The third kappa shape index (κ3) is 13.5. The first-order valence-corrected chi connectivity index (χ1v) is 24.9. The van der Waals surface area contributed by atoms with Crippen molar-refractivity contribution in [2.24, 2.45) is 0 Å². The van der Waals surface area contributed by atoms with Gasteiger partial charge >= 0.3 is 11.9 Å². The molecule has 26 heteroatoms. The third-order valence-electron chi connectivity index (χ3n) is 13.5. The standard InChI is InChI=1S/C54H64O26/c1-7-54(4,69)16-8-9-23(2)50(68)78-48-43(65)37(59)24(3)73-52(48)74-28-19-29(57)36-30(20-28)75-46(26-11-13-27(56)14-12-26)47(41(36)63)79-53-49(44(66)39(61)33(21-55)76-53)80-51-45(67)42(64)40(62)34(77-51)22-72-35(58)15-10-25-17-31(70-5)38(60)32(18-25)71-6/h7,9-15,17-20,24,33-34,37,39-40,42-45,48-49,51-53,55-57,59-62,64-67,69H,1,8,16,21-22H2,2-6H3. The van der Waals surface area contributed by atoms with Gasteiger partial charge in [0.25, 0.3) is 0 Å². The highest BCUT2D eigenvalue weighted by atomic mass is 16.8. The van der Waals surface area contributed by atoms with Gasteiger partial charge in [0.2, 0.25) is 29.5 Å². The topological polar surface area (TPSA) is 399 Å². The normalized spacial score (nSPS) is 29.8. The predicted molar refractivity (Wildman–Crippen MR) is 273 cm³/mol. The summed E-state index contributed by atoms with van der Waals surface area (Å²) in [6.07, 6.45) is -21.9. The molecule has 12 N–H and O–H groups in total. The zero-order chi connectivity index (χ0) is 58.5. The lowest BCUT2D eigenvalue weighted by atomic mass is 9.97. The van der Waals surface area contributed by atoms with Crippen molar-refractivity contribution in [3.8, 4) is 51.6 Å². The van der Waals surface area contributed by atoms with E-state index in [2.05, 4.69) is 6.58 Å². The number of benzene rings is 3. The van der Waals surface area contributed by atoms with Crippen LogP contribution in [0.15, 0.2) is 88.1 Å². The fourth-order valence-corrected chi connectivity index (χ4v) is 8.70. The zero-order valence-electron chi connectivity index (χ0n) is 43.7. The third-order valence-corrected chi connectivity index (χ3v) is 13.5. The van der Waals surface area contributed by atoms with Crippen molar-refractivity contribution in [2.45, 2.75) is 131 Å². The van der Waals surface area contributed by atoms with Crippen molar-refractivity contribution >= 4 is 29.0 Å². The van der Waals surface area contributed by atoms with E-state index in [1.54, 1.807) is 0 Å². The number of ether oxygens (including phenoxy) is 10. The number of aliphatic hydroxyl groups is 9. The summed E-state index contributed by atoms with van der Waals surface area (Å²) >= 11 is 0. The minimum absolute atomic E-state index is 0.0261. The minimum atomic E-state index is -2.13. The number of carbonyl (C=O) groups excluding carboxylic acids is 2. The number of aromatic hydroxyl groups is 3. The van der Waals surface area contributed by atoms with Gasteiger partial charge in [0, 0.05) is 29.3 Å². The number of carbonyl (C=O) groups is 2. The summed E-state index contributed by atoms with van der Waals surface area (Å²) in [6.45, 7) is 6.22. The molecule has 3 aliphatic heterocycles. The highest BCUT2D eigenvalue weighted by Gasteiger charge is 2.52. The highest BCUT2D eigenvalue weighted by molar-refractivity contribution is 5.89. The van der Waals surface area contributed by atoms with E-state index in [0.717, 1.165) is 18.2 Å². The van der Waals surface area contributed by atoms with Gasteiger partial charge in [-0.25, -0.2) is 9.59 Å². The summed E-state index contributed by atoms with van der Waals surface area (Å²) in [6, 6.07) is 9.85. The fourth-order valence-electron chi connectivity index (χ4n) is 8.70. The molecule has 0 spiro atoms. The number of rotatable bonds is 20. The number of esters is 2. The minimum Gasteiger partial charge on any atom is -0.508 e. The van der Waals surface area contributed by atoms with Crippen LogP contribution in [0.4, 0.5) is 0 Å². The number of phenolic OH excluding ortho intramolecular Hbond substituents is 3. The Morgan fingerprint density at radius 3 is 2.04 bits per heavy atom. The maximum absolute atomic E-state index is 14.7. The van der Waals surface area contributed by atoms with Crippen LogP contribution in [0.25, 0.3) is 28.4 Å². The monoisotopic (exact) mass is 1130 g/mol. The SMILES string of the molecule is C=CC(C)(O)CCC=C(C)C(=O)OC1C(Oc2cc(O)c3c(=O)c(OC4OC(CO)C(O)C(O)C4OC4OC(COC(=O)C=Cc5cc(OC)c(O)c(OC)c5)C(O)C(O)C4O)c(-c4ccc(O)cc4)oc3c2)OC(C)C(O)C1O. The van der Waals surface area contributed by atoms with Gasteiger partial charge in [-0.05, 0) is 81.7 Å². The van der Waals surface area contributed by atoms with Crippen molar-refractivity contribution in [3.05, 3.63) is 94.7 Å². The molecule has 0 bridgehead atoms. The molecular formula is C54H64O26. The Morgan fingerprint density at radius 2 is 1.40 bits per heavy atom. The van der Waals surface area contributed by atoms with Crippen LogP contribution in [0.1, 0.15) is 39.2 Å². The maximum Gasteiger partial charge on any atom is 0.333 e. The van der Waals surface area contributed by atoms with E-state index in [0.29, 0.717) is 5.56 Å². The molecule has 4 aromatic rings. The molecule has 436 valence electrons. The molecule has 3 saturated heterocycles. The lowest BCUT2D eigenvalue weighted by molar-refractivity contribution is -0.358. The Hall–Kier alpha value is -6.89. The second-order valence-electron chi connectivity index (χ2n) is 19.3. The molecular weight excluding hydrogens is 1060 g/mol. The molecule has 3 aliphatic rings. The molecule has 3 fully saturated rings. The van der Waals surface area contributed by atoms with Crippen LogP contribution in [0.5, 0.6) is 40.2 Å². The Bertz CT molecular complexity index is 2930. The van der Waals surface area contributed by atoms with Gasteiger partial charge < -0.3 is 113 Å². The number of methoxy groups -OCH3 is 2. The van der Waals surface area contributed by atoms with Gasteiger partial charge in [0.15, 0.2) is 35.8 Å². The lowest BCUT2D eigenvalue weighted by Gasteiger charge is -2.45. The van der Waals surface area contributed by atoms with E-state index >= 15 is 0 Å². The van der Waals surface area contributed by atoms with Crippen LogP contribution in [-0.4, -0.2) is 198 Å². The number of phenols is 3.